The van der Waals surface area contributed by atoms with E-state index >= 15 is 0 Å². The van der Waals surface area contributed by atoms with E-state index in [1.807, 2.05) is 18.9 Å². The number of halogens is 2. The van der Waals surface area contributed by atoms with Gasteiger partial charge < -0.3 is 10.6 Å². The lowest BCUT2D eigenvalue weighted by Crippen LogP contribution is -2.33. The van der Waals surface area contributed by atoms with Crippen LogP contribution in [0.2, 0.25) is 5.02 Å². The maximum absolute atomic E-state index is 13.6. The highest BCUT2D eigenvalue weighted by Gasteiger charge is 2.18. The number of likely N-dealkylation sites (N-methyl/N-ethyl adjacent to an activating group) is 1. The van der Waals surface area contributed by atoms with Crippen LogP contribution < -0.4 is 10.5 Å². The zero-order valence-electron chi connectivity index (χ0n) is 11.5. The third-order valence-electron chi connectivity index (χ3n) is 2.93. The normalized spacial score (nSPS) is 12.1. The molecule has 0 saturated heterocycles. The fraction of sp³-hybridized carbons (Fsp3) is 0.500. The van der Waals surface area contributed by atoms with Gasteiger partial charge in [0.05, 0.1) is 9.92 Å². The number of sulfonamides is 1. The minimum absolute atomic E-state index is 0.0301. The van der Waals surface area contributed by atoms with Crippen LogP contribution in [0.3, 0.4) is 0 Å². The van der Waals surface area contributed by atoms with Gasteiger partial charge in [-0.25, -0.2) is 17.5 Å². The topological polar surface area (TPSA) is 75.4 Å². The molecule has 0 heterocycles. The van der Waals surface area contributed by atoms with Crippen molar-refractivity contribution in [3.05, 3.63) is 28.5 Å². The molecule has 0 unspecified atom stereocenters. The second kappa shape index (κ2) is 7.33. The second-order valence-electron chi connectivity index (χ2n) is 4.38. The lowest BCUT2D eigenvalue weighted by Gasteiger charge is -2.14. The summed E-state index contributed by atoms with van der Waals surface area (Å²) in [6, 6.07) is 2.19. The highest BCUT2D eigenvalue weighted by Crippen LogP contribution is 2.23. The van der Waals surface area contributed by atoms with Crippen molar-refractivity contribution < 1.29 is 12.8 Å². The zero-order valence-corrected chi connectivity index (χ0v) is 13.1. The molecule has 0 spiro atoms. The van der Waals surface area contributed by atoms with Gasteiger partial charge in [-0.2, -0.15) is 0 Å². The molecular formula is C12H19ClFN3O2S. The van der Waals surface area contributed by atoms with Crippen molar-refractivity contribution in [2.24, 2.45) is 5.73 Å². The van der Waals surface area contributed by atoms with Gasteiger partial charge in [-0.15, -0.1) is 0 Å². The summed E-state index contributed by atoms with van der Waals surface area (Å²) >= 11 is 5.70. The summed E-state index contributed by atoms with van der Waals surface area (Å²) in [5.41, 5.74) is 5.68. The summed E-state index contributed by atoms with van der Waals surface area (Å²) < 4.78 is 40.1. The third-order valence-corrected chi connectivity index (χ3v) is 4.80. The van der Waals surface area contributed by atoms with Crippen LogP contribution in [0.1, 0.15) is 12.5 Å². The van der Waals surface area contributed by atoms with Gasteiger partial charge in [0.1, 0.15) is 5.82 Å². The lowest BCUT2D eigenvalue weighted by atomic mass is 10.2. The first-order valence-corrected chi connectivity index (χ1v) is 8.04. The largest absolute Gasteiger partial charge is 0.326 e. The Labute approximate surface area is 124 Å². The molecule has 0 atom stereocenters. The third kappa shape index (κ3) is 4.39. The Morgan fingerprint density at radius 2 is 2.10 bits per heavy atom. The average molecular weight is 324 g/mol. The summed E-state index contributed by atoms with van der Waals surface area (Å²) in [6.45, 7) is 3.56. The molecule has 0 aromatic heterocycles. The Hall–Kier alpha value is -0.730. The Kier molecular flexibility index (Phi) is 6.35. The molecule has 0 bridgehead atoms. The summed E-state index contributed by atoms with van der Waals surface area (Å²) in [5.74, 6) is -0.791. The maximum Gasteiger partial charge on any atom is 0.240 e. The van der Waals surface area contributed by atoms with Crippen molar-refractivity contribution in [2.45, 2.75) is 18.4 Å². The van der Waals surface area contributed by atoms with Crippen LogP contribution >= 0.6 is 11.6 Å². The minimum Gasteiger partial charge on any atom is -0.326 e. The van der Waals surface area contributed by atoms with E-state index in [4.69, 9.17) is 17.3 Å². The van der Waals surface area contributed by atoms with Gasteiger partial charge in [-0.05, 0) is 31.3 Å². The fourth-order valence-electron chi connectivity index (χ4n) is 1.53. The van der Waals surface area contributed by atoms with E-state index < -0.39 is 15.8 Å². The van der Waals surface area contributed by atoms with E-state index in [2.05, 4.69) is 4.72 Å². The molecule has 1 rings (SSSR count). The van der Waals surface area contributed by atoms with Crippen molar-refractivity contribution in [3.63, 3.8) is 0 Å². The summed E-state index contributed by atoms with van der Waals surface area (Å²) in [4.78, 5) is 1.79. The van der Waals surface area contributed by atoms with Crippen LogP contribution in [0.25, 0.3) is 0 Å². The van der Waals surface area contributed by atoms with Crippen molar-refractivity contribution in [3.8, 4) is 0 Å². The number of rotatable bonds is 7. The number of nitrogens with one attached hydrogen (secondary N) is 1. The number of hydrogen-bond acceptors (Lipinski definition) is 4. The molecule has 114 valence electrons. The first-order valence-electron chi connectivity index (χ1n) is 6.18. The van der Waals surface area contributed by atoms with Gasteiger partial charge in [0.2, 0.25) is 10.0 Å². The predicted molar refractivity (Wildman–Crippen MR) is 77.7 cm³/mol. The quantitative estimate of drug-likeness (QED) is 0.790. The van der Waals surface area contributed by atoms with E-state index in [1.54, 1.807) is 0 Å². The van der Waals surface area contributed by atoms with Gasteiger partial charge in [0.15, 0.2) is 0 Å². The highest BCUT2D eigenvalue weighted by molar-refractivity contribution is 7.89. The molecule has 1 aromatic carbocycles. The van der Waals surface area contributed by atoms with Crippen LogP contribution in [0.4, 0.5) is 4.39 Å². The first kappa shape index (κ1) is 17.3. The molecule has 20 heavy (non-hydrogen) atoms. The Morgan fingerprint density at radius 1 is 1.45 bits per heavy atom. The number of nitrogens with zero attached hydrogens (tertiary/aromatic N) is 1. The van der Waals surface area contributed by atoms with Crippen molar-refractivity contribution in [1.82, 2.24) is 9.62 Å². The molecule has 0 aliphatic heterocycles. The van der Waals surface area contributed by atoms with Gasteiger partial charge in [0, 0.05) is 19.6 Å². The van der Waals surface area contributed by atoms with Crippen molar-refractivity contribution in [2.75, 3.05) is 26.7 Å². The fourth-order valence-corrected chi connectivity index (χ4v) is 2.80. The molecule has 0 aliphatic carbocycles. The molecule has 8 heteroatoms. The van der Waals surface area contributed by atoms with E-state index in [9.17, 15) is 12.8 Å². The molecule has 0 amide bonds. The van der Waals surface area contributed by atoms with E-state index in [0.717, 1.165) is 12.6 Å². The predicted octanol–water partition coefficient (Wildman–Crippen LogP) is 1.17. The number of benzene rings is 1. The van der Waals surface area contributed by atoms with Crippen LogP contribution in [0, 0.1) is 5.82 Å². The molecule has 0 saturated carbocycles. The molecule has 0 radical (unpaired) electrons. The van der Waals surface area contributed by atoms with E-state index in [1.165, 1.54) is 6.07 Å². The maximum atomic E-state index is 13.6. The highest BCUT2D eigenvalue weighted by atomic mass is 35.5. The van der Waals surface area contributed by atoms with Crippen LogP contribution in [-0.2, 0) is 16.6 Å². The van der Waals surface area contributed by atoms with E-state index in [-0.39, 0.29) is 28.6 Å². The summed E-state index contributed by atoms with van der Waals surface area (Å²) in [5, 5.41) is -0.142. The van der Waals surface area contributed by atoms with Gasteiger partial charge in [-0.3, -0.25) is 0 Å². The van der Waals surface area contributed by atoms with Gasteiger partial charge in [-0.1, -0.05) is 18.5 Å². The number of hydrogen-bond donors (Lipinski definition) is 2. The molecule has 5 nitrogen and oxygen atoms in total. The summed E-state index contributed by atoms with van der Waals surface area (Å²) in [7, 11) is -1.89. The minimum atomic E-state index is -3.77. The standard InChI is InChI=1S/C12H19ClFN3O2S/c1-3-17(2)5-4-16-20(18,19)10-6-9(8-15)12(13)11(14)7-10/h6-7,16H,3-5,8,15H2,1-2H3. The van der Waals surface area contributed by atoms with Crippen molar-refractivity contribution >= 4 is 21.6 Å². The smallest absolute Gasteiger partial charge is 0.240 e. The summed E-state index contributed by atoms with van der Waals surface area (Å²) in [6.07, 6.45) is 0. The Bertz CT molecular complexity index is 566. The average Bonchev–Trinajstić information content (AvgIpc) is 2.41. The zero-order chi connectivity index (χ0) is 15.3. The van der Waals surface area contributed by atoms with Crippen LogP contribution in [0.15, 0.2) is 17.0 Å². The Morgan fingerprint density at radius 3 is 2.65 bits per heavy atom. The van der Waals surface area contributed by atoms with Gasteiger partial charge in [0.25, 0.3) is 0 Å². The Balaban J connectivity index is 2.90. The lowest BCUT2D eigenvalue weighted by molar-refractivity contribution is 0.358. The molecular weight excluding hydrogens is 305 g/mol. The molecule has 0 fully saturated rings. The second-order valence-corrected chi connectivity index (χ2v) is 6.52. The molecule has 3 N–H and O–H groups in total. The van der Waals surface area contributed by atoms with E-state index in [0.29, 0.717) is 6.54 Å². The van der Waals surface area contributed by atoms with Gasteiger partial charge >= 0.3 is 0 Å². The van der Waals surface area contributed by atoms with Crippen LogP contribution in [0.5, 0.6) is 0 Å². The van der Waals surface area contributed by atoms with Crippen LogP contribution in [-0.4, -0.2) is 40.0 Å². The first-order chi connectivity index (χ1) is 9.31. The monoisotopic (exact) mass is 323 g/mol. The van der Waals surface area contributed by atoms with Crippen molar-refractivity contribution in [1.29, 1.82) is 0 Å². The number of nitrogens with two attached hydrogens (primary N) is 1. The molecule has 0 aliphatic rings. The molecule has 1 aromatic rings. The SMILES string of the molecule is CCN(C)CCNS(=O)(=O)c1cc(F)c(Cl)c(CN)c1.